The highest BCUT2D eigenvalue weighted by Gasteiger charge is 2.20. The van der Waals surface area contributed by atoms with E-state index in [4.69, 9.17) is 0 Å². The maximum absolute atomic E-state index is 3.45. The zero-order valence-corrected chi connectivity index (χ0v) is 6.15. The normalized spacial score (nSPS) is 28.3. The highest BCUT2D eigenvalue weighted by atomic mass is 27.3. The minimum absolute atomic E-state index is 0. The number of rotatable bonds is 0. The first-order chi connectivity index (χ1) is 3.21. The Morgan fingerprint density at radius 2 is 1.71 bits per heavy atom. The smallest absolute Gasteiger partial charge is 0.312 e. The summed E-state index contributed by atoms with van der Waals surface area (Å²) in [6.45, 7) is 2.36. The quantitative estimate of drug-likeness (QED) is 0.440. The Hall–Kier alpha value is 0.452. The van der Waals surface area contributed by atoms with Crippen LogP contribution in [0.5, 0.6) is 0 Å². The minimum atomic E-state index is -1.29. The summed E-state index contributed by atoms with van der Waals surface area (Å²) in [5, 5.41) is 0. The molecular formula is C4H14AlN2-. The van der Waals surface area contributed by atoms with Crippen LogP contribution in [0.2, 0.25) is 11.6 Å². The standard InChI is InChI=1S/C2H6N2.2CH3.Al.H2/c3-1-2-4;;;;/h3-4H,1-2H2;2*1H3;;1H/q-2;;;+1;. The maximum Gasteiger partial charge on any atom is 0.312 e. The van der Waals surface area contributed by atoms with Crippen LogP contribution < -0.4 is 8.60 Å². The molecule has 0 spiro atoms. The highest BCUT2D eigenvalue weighted by molar-refractivity contribution is 6.73. The van der Waals surface area contributed by atoms with Crippen molar-refractivity contribution in [2.75, 3.05) is 13.1 Å². The lowest BCUT2D eigenvalue weighted by molar-refractivity contribution is 0.942. The lowest BCUT2D eigenvalue weighted by Crippen LogP contribution is -2.48. The first-order valence-electron chi connectivity index (χ1n) is 2.94. The second-order valence-corrected chi connectivity index (χ2v) is 7.35. The summed E-state index contributed by atoms with van der Waals surface area (Å²) >= 11 is -1.29. The zero-order valence-electron chi connectivity index (χ0n) is 4.99. The molecule has 0 atom stereocenters. The van der Waals surface area contributed by atoms with Gasteiger partial charge < -0.3 is 8.60 Å². The third-order valence-electron chi connectivity index (χ3n) is 1.43. The summed E-state index contributed by atoms with van der Waals surface area (Å²) in [7, 11) is 0. The SMILES string of the molecule is [CH3][Al-]1([CH3])[NH]CC[NH]1.[HH]. The van der Waals surface area contributed by atoms with Gasteiger partial charge in [-0.05, 0) is 13.1 Å². The molecule has 1 aliphatic heterocycles. The highest BCUT2D eigenvalue weighted by Crippen LogP contribution is 1.93. The fourth-order valence-corrected chi connectivity index (χ4v) is 2.81. The maximum atomic E-state index is 3.45. The first-order valence-corrected chi connectivity index (χ1v) is 6.40. The Morgan fingerprint density at radius 1 is 1.29 bits per heavy atom. The molecule has 1 heterocycles. The van der Waals surface area contributed by atoms with Gasteiger partial charge in [0.15, 0.2) is 0 Å². The van der Waals surface area contributed by atoms with Gasteiger partial charge in [-0.3, -0.25) is 0 Å². The van der Waals surface area contributed by atoms with Crippen molar-refractivity contribution < 1.29 is 1.43 Å². The zero-order chi connectivity index (χ0) is 5.33. The molecule has 0 aromatic carbocycles. The van der Waals surface area contributed by atoms with Gasteiger partial charge in [-0.1, -0.05) is 0 Å². The molecule has 1 aliphatic rings. The third kappa shape index (κ3) is 1.43. The average molecular weight is 117 g/mol. The summed E-state index contributed by atoms with van der Waals surface area (Å²) in [4.78, 5) is 0. The van der Waals surface area contributed by atoms with Crippen molar-refractivity contribution in [3.8, 4) is 0 Å². The Labute approximate surface area is 48.9 Å². The van der Waals surface area contributed by atoms with E-state index in [2.05, 4.69) is 20.2 Å². The van der Waals surface area contributed by atoms with Gasteiger partial charge >= 0.3 is 13.5 Å². The van der Waals surface area contributed by atoms with Crippen LogP contribution >= 0.6 is 0 Å². The first kappa shape index (κ1) is 5.59. The average Bonchev–Trinajstić information content (AvgIpc) is 1.84. The van der Waals surface area contributed by atoms with Gasteiger partial charge in [-0.2, -0.15) is 11.6 Å². The molecule has 0 unspecified atom stereocenters. The molecule has 7 heavy (non-hydrogen) atoms. The largest absolute Gasteiger partial charge is 0.514 e. The van der Waals surface area contributed by atoms with E-state index in [1.165, 1.54) is 13.1 Å². The van der Waals surface area contributed by atoms with Gasteiger partial charge in [-0.15, -0.1) is 0 Å². The van der Waals surface area contributed by atoms with Crippen LogP contribution in [0, 0.1) is 0 Å². The number of nitrogens with one attached hydrogen (secondary N) is 2. The third-order valence-corrected chi connectivity index (χ3v) is 4.05. The summed E-state index contributed by atoms with van der Waals surface area (Å²) in [6, 6.07) is 0. The molecule has 1 rings (SSSR count). The van der Waals surface area contributed by atoms with E-state index in [0.29, 0.717) is 0 Å². The van der Waals surface area contributed by atoms with Crippen molar-refractivity contribution in [2.24, 2.45) is 0 Å². The van der Waals surface area contributed by atoms with E-state index in [0.717, 1.165) is 0 Å². The molecule has 0 aliphatic carbocycles. The van der Waals surface area contributed by atoms with Crippen LogP contribution in [-0.2, 0) is 0 Å². The molecule has 1 saturated heterocycles. The van der Waals surface area contributed by atoms with Gasteiger partial charge in [0.1, 0.15) is 0 Å². The number of hydrogen-bond donors (Lipinski definition) is 2. The molecule has 2 N–H and O–H groups in total. The molecule has 0 radical (unpaired) electrons. The lowest BCUT2D eigenvalue weighted by atomic mass is 10.7. The molecule has 1 fully saturated rings. The Bertz CT molecular complexity index is 68.4. The van der Waals surface area contributed by atoms with Crippen molar-refractivity contribution in [1.29, 1.82) is 0 Å². The summed E-state index contributed by atoms with van der Waals surface area (Å²) in [5.74, 6) is 4.61. The molecule has 0 saturated carbocycles. The van der Waals surface area contributed by atoms with E-state index < -0.39 is 13.5 Å². The fourth-order valence-electron chi connectivity index (χ4n) is 0.938. The van der Waals surface area contributed by atoms with Crippen molar-refractivity contribution >= 4 is 13.5 Å². The molecular weight excluding hydrogens is 103 g/mol. The number of hydrogen-bond acceptors (Lipinski definition) is 2. The van der Waals surface area contributed by atoms with Crippen molar-refractivity contribution in [3.63, 3.8) is 0 Å². The van der Waals surface area contributed by atoms with Crippen LogP contribution in [0.15, 0.2) is 0 Å². The monoisotopic (exact) mass is 117 g/mol. The van der Waals surface area contributed by atoms with Gasteiger partial charge in [0.05, 0.1) is 0 Å². The van der Waals surface area contributed by atoms with Crippen molar-refractivity contribution in [3.05, 3.63) is 0 Å². The van der Waals surface area contributed by atoms with E-state index in [1.807, 2.05) is 0 Å². The van der Waals surface area contributed by atoms with Crippen LogP contribution in [-0.4, -0.2) is 26.6 Å². The molecule has 0 bridgehead atoms. The summed E-state index contributed by atoms with van der Waals surface area (Å²) in [5.41, 5.74) is 0. The Balaban J connectivity index is 0.000000490. The Morgan fingerprint density at radius 3 is 1.86 bits per heavy atom. The van der Waals surface area contributed by atoms with Crippen LogP contribution in [0.1, 0.15) is 1.43 Å². The summed E-state index contributed by atoms with van der Waals surface area (Å²) < 4.78 is 6.90. The second kappa shape index (κ2) is 1.76. The van der Waals surface area contributed by atoms with Gasteiger partial charge in [-0.25, -0.2) is 0 Å². The lowest BCUT2D eigenvalue weighted by Gasteiger charge is -2.17. The van der Waals surface area contributed by atoms with E-state index in [1.54, 1.807) is 0 Å². The van der Waals surface area contributed by atoms with E-state index >= 15 is 0 Å². The predicted molar refractivity (Wildman–Crippen MR) is 35.6 cm³/mol. The van der Waals surface area contributed by atoms with Gasteiger partial charge in [0, 0.05) is 1.43 Å². The minimum Gasteiger partial charge on any atom is -0.514 e. The molecule has 0 aromatic rings. The molecule has 0 amide bonds. The molecule has 2 nitrogen and oxygen atoms in total. The molecule has 44 valence electrons. The molecule has 0 aromatic heterocycles. The van der Waals surface area contributed by atoms with Gasteiger partial charge in [0.2, 0.25) is 0 Å². The van der Waals surface area contributed by atoms with Crippen LogP contribution in [0.4, 0.5) is 0 Å². The molecule has 3 heteroatoms. The second-order valence-electron chi connectivity index (χ2n) is 2.78. The van der Waals surface area contributed by atoms with Crippen molar-refractivity contribution in [2.45, 2.75) is 11.6 Å². The topological polar surface area (TPSA) is 24.1 Å². The van der Waals surface area contributed by atoms with E-state index in [-0.39, 0.29) is 1.43 Å². The predicted octanol–water partition coefficient (Wildman–Crippen LogP) is 0.127. The van der Waals surface area contributed by atoms with Gasteiger partial charge in [0.25, 0.3) is 0 Å². The fraction of sp³-hybridized carbons (Fsp3) is 1.00. The Kier molecular flexibility index (Phi) is 1.40. The van der Waals surface area contributed by atoms with Crippen LogP contribution in [0.25, 0.3) is 0 Å². The van der Waals surface area contributed by atoms with Crippen molar-refractivity contribution in [1.82, 2.24) is 8.60 Å². The summed E-state index contributed by atoms with van der Waals surface area (Å²) in [6.07, 6.45) is 0. The van der Waals surface area contributed by atoms with Crippen LogP contribution in [0.3, 0.4) is 0 Å². The van der Waals surface area contributed by atoms with E-state index in [9.17, 15) is 0 Å².